The Morgan fingerprint density at radius 1 is 1.20 bits per heavy atom. The van der Waals surface area contributed by atoms with Gasteiger partial charge in [-0.1, -0.05) is 31.2 Å². The van der Waals surface area contributed by atoms with Crippen LogP contribution in [0.3, 0.4) is 0 Å². The second-order valence-electron chi connectivity index (χ2n) is 8.26. The lowest BCUT2D eigenvalue weighted by Crippen LogP contribution is -2.52. The average molecular weight is 499 g/mol. The van der Waals surface area contributed by atoms with Crippen LogP contribution in [0.25, 0.3) is 11.0 Å². The number of rotatable bonds is 7. The van der Waals surface area contributed by atoms with E-state index < -0.39 is 39.7 Å². The Morgan fingerprint density at radius 3 is 2.69 bits per heavy atom. The minimum Gasteiger partial charge on any atom is -0.451 e. The second-order valence-corrected chi connectivity index (χ2v) is 10.1. The van der Waals surface area contributed by atoms with Crippen molar-refractivity contribution in [3.8, 4) is 0 Å². The molecule has 11 heteroatoms. The normalized spacial score (nSPS) is 18.1. The van der Waals surface area contributed by atoms with E-state index in [0.717, 1.165) is 9.69 Å². The first-order chi connectivity index (χ1) is 16.8. The fraction of sp³-hybridized carbons (Fsp3) is 0.333. The van der Waals surface area contributed by atoms with E-state index in [-0.39, 0.29) is 30.3 Å². The molecule has 10 nitrogen and oxygen atoms in total. The van der Waals surface area contributed by atoms with Crippen LogP contribution in [-0.4, -0.2) is 60.5 Å². The summed E-state index contributed by atoms with van der Waals surface area (Å²) in [6.45, 7) is 1.50. The number of fused-ring (bicyclic) bond motifs is 1. The van der Waals surface area contributed by atoms with Crippen LogP contribution in [0.15, 0.2) is 64.2 Å². The zero-order valence-corrected chi connectivity index (χ0v) is 20.0. The number of carbonyl (C=O) groups is 3. The Hall–Kier alpha value is -3.57. The molecule has 1 aliphatic rings. The maximum atomic E-state index is 12.9. The molecule has 2 amide bonds. The molecule has 0 aliphatic carbocycles. The summed E-state index contributed by atoms with van der Waals surface area (Å²) < 4.78 is 32.4. The van der Waals surface area contributed by atoms with Crippen molar-refractivity contribution in [1.82, 2.24) is 19.9 Å². The van der Waals surface area contributed by atoms with Gasteiger partial charge in [0.05, 0.1) is 12.6 Å². The number of carbonyl (C=O) groups excluding carboxylic acids is 3. The van der Waals surface area contributed by atoms with Gasteiger partial charge in [-0.2, -0.15) is 4.31 Å². The second kappa shape index (κ2) is 10.4. The summed E-state index contributed by atoms with van der Waals surface area (Å²) in [7, 11) is -3.93. The summed E-state index contributed by atoms with van der Waals surface area (Å²) in [5.74, 6) is -1.40. The monoisotopic (exact) mass is 498 g/mol. The lowest BCUT2D eigenvalue weighted by atomic mass is 10.1. The molecule has 0 radical (unpaired) electrons. The van der Waals surface area contributed by atoms with Gasteiger partial charge >= 0.3 is 0 Å². The first-order valence-corrected chi connectivity index (χ1v) is 12.8. The maximum absolute atomic E-state index is 12.9. The fourth-order valence-electron chi connectivity index (χ4n) is 3.93. The smallest absolute Gasteiger partial charge is 0.287 e. The van der Waals surface area contributed by atoms with Crippen LogP contribution in [-0.2, 0) is 19.6 Å². The third-order valence-corrected chi connectivity index (χ3v) is 7.62. The Kier molecular flexibility index (Phi) is 7.27. The molecule has 3 heterocycles. The Labute approximate surface area is 202 Å². The molecule has 0 bridgehead atoms. The van der Waals surface area contributed by atoms with Crippen molar-refractivity contribution in [1.29, 1.82) is 0 Å². The lowest BCUT2D eigenvalue weighted by molar-refractivity contribution is -0.128. The zero-order valence-electron chi connectivity index (χ0n) is 19.1. The van der Waals surface area contributed by atoms with E-state index in [2.05, 4.69) is 15.6 Å². The Bertz CT molecular complexity index is 1310. The molecule has 3 aromatic rings. The van der Waals surface area contributed by atoms with Crippen molar-refractivity contribution in [3.05, 3.63) is 60.5 Å². The molecule has 184 valence electrons. The van der Waals surface area contributed by atoms with Gasteiger partial charge in [0.1, 0.15) is 11.6 Å². The highest BCUT2D eigenvalue weighted by atomic mass is 32.2. The summed E-state index contributed by atoms with van der Waals surface area (Å²) in [5, 5.41) is 5.97. The molecule has 2 aromatic heterocycles. The molecule has 2 atom stereocenters. The van der Waals surface area contributed by atoms with Crippen LogP contribution >= 0.6 is 0 Å². The van der Waals surface area contributed by atoms with Crippen molar-refractivity contribution in [2.24, 2.45) is 0 Å². The predicted molar refractivity (Wildman–Crippen MR) is 127 cm³/mol. The standard InChI is InChI=1S/C24H26N4O6S/c1-2-17(26-24(31)21-14-16-8-3-4-10-20(16)34-21)23(30)27-18-9-7-13-28(15-19(18)29)35(32,33)22-11-5-6-12-25-22/h3-6,8,10-12,14,17-18H,2,7,9,13,15H2,1H3,(H,26,31)(H,27,30)/t17-,18?/m0/s1. The molecule has 1 unspecified atom stereocenters. The summed E-state index contributed by atoms with van der Waals surface area (Å²) in [5.41, 5.74) is 0.560. The van der Waals surface area contributed by atoms with Crippen molar-refractivity contribution in [2.75, 3.05) is 13.1 Å². The number of hydrogen-bond acceptors (Lipinski definition) is 7. The minimum atomic E-state index is -3.93. The van der Waals surface area contributed by atoms with E-state index in [1.54, 1.807) is 37.3 Å². The first kappa shape index (κ1) is 24.6. The molecular formula is C24H26N4O6S. The number of aromatic nitrogens is 1. The van der Waals surface area contributed by atoms with E-state index in [0.29, 0.717) is 18.4 Å². The number of sulfonamides is 1. The third kappa shape index (κ3) is 5.41. The Morgan fingerprint density at radius 2 is 1.97 bits per heavy atom. The molecule has 0 spiro atoms. The predicted octanol–water partition coefficient (Wildman–Crippen LogP) is 1.87. The number of amides is 2. The first-order valence-electron chi connectivity index (χ1n) is 11.3. The molecule has 2 N–H and O–H groups in total. The highest BCUT2D eigenvalue weighted by Crippen LogP contribution is 2.20. The fourth-order valence-corrected chi connectivity index (χ4v) is 5.31. The molecule has 35 heavy (non-hydrogen) atoms. The van der Waals surface area contributed by atoms with E-state index in [9.17, 15) is 22.8 Å². The van der Waals surface area contributed by atoms with Crippen molar-refractivity contribution in [2.45, 2.75) is 43.3 Å². The summed E-state index contributed by atoms with van der Waals surface area (Å²) in [4.78, 5) is 42.3. The average Bonchev–Trinajstić information content (AvgIpc) is 3.21. The van der Waals surface area contributed by atoms with E-state index >= 15 is 0 Å². The van der Waals surface area contributed by atoms with Gasteiger partial charge in [0.25, 0.3) is 15.9 Å². The SMILES string of the molecule is CC[C@H](NC(=O)c1cc2ccccc2o1)C(=O)NC1CCCN(S(=O)(=O)c2ccccn2)CC1=O. The molecular weight excluding hydrogens is 472 g/mol. The highest BCUT2D eigenvalue weighted by molar-refractivity contribution is 7.89. The van der Waals surface area contributed by atoms with E-state index in [1.807, 2.05) is 12.1 Å². The number of furan rings is 1. The molecule has 1 saturated heterocycles. The van der Waals surface area contributed by atoms with Gasteiger partial charge < -0.3 is 15.1 Å². The van der Waals surface area contributed by atoms with Crippen molar-refractivity contribution < 1.29 is 27.2 Å². The largest absolute Gasteiger partial charge is 0.451 e. The summed E-state index contributed by atoms with van der Waals surface area (Å²) in [6.07, 6.45) is 2.33. The number of benzene rings is 1. The number of para-hydroxylation sites is 1. The number of hydrogen-bond donors (Lipinski definition) is 2. The van der Waals surface area contributed by atoms with Gasteiger partial charge in [0.15, 0.2) is 16.6 Å². The number of pyridine rings is 1. The van der Waals surface area contributed by atoms with E-state index in [4.69, 9.17) is 4.42 Å². The lowest BCUT2D eigenvalue weighted by Gasteiger charge is -2.21. The van der Waals surface area contributed by atoms with Gasteiger partial charge in [-0.05, 0) is 43.5 Å². The van der Waals surface area contributed by atoms with Crippen LogP contribution in [0, 0.1) is 0 Å². The highest BCUT2D eigenvalue weighted by Gasteiger charge is 2.34. The van der Waals surface area contributed by atoms with Gasteiger partial charge in [-0.3, -0.25) is 14.4 Å². The van der Waals surface area contributed by atoms with Gasteiger partial charge in [0, 0.05) is 18.1 Å². The molecule has 1 aliphatic heterocycles. The van der Waals surface area contributed by atoms with Crippen LogP contribution < -0.4 is 10.6 Å². The van der Waals surface area contributed by atoms with Crippen molar-refractivity contribution >= 4 is 38.6 Å². The van der Waals surface area contributed by atoms with Crippen molar-refractivity contribution in [3.63, 3.8) is 0 Å². The Balaban J connectivity index is 1.40. The van der Waals surface area contributed by atoms with Crippen LogP contribution in [0.1, 0.15) is 36.7 Å². The molecule has 1 aromatic carbocycles. The van der Waals surface area contributed by atoms with E-state index in [1.165, 1.54) is 12.3 Å². The van der Waals surface area contributed by atoms with Crippen LogP contribution in [0.2, 0.25) is 0 Å². The zero-order chi connectivity index (χ0) is 25.0. The number of Topliss-reactive ketones (excluding diaryl/α,β-unsaturated/α-hetero) is 1. The molecule has 0 saturated carbocycles. The van der Waals surface area contributed by atoms with Gasteiger partial charge in [-0.25, -0.2) is 13.4 Å². The number of nitrogens with one attached hydrogen (secondary N) is 2. The quantitative estimate of drug-likeness (QED) is 0.507. The number of ketones is 1. The molecule has 4 rings (SSSR count). The maximum Gasteiger partial charge on any atom is 0.287 e. The van der Waals surface area contributed by atoms with Crippen LogP contribution in [0.5, 0.6) is 0 Å². The summed E-state index contributed by atoms with van der Waals surface area (Å²) >= 11 is 0. The molecule has 1 fully saturated rings. The summed E-state index contributed by atoms with van der Waals surface area (Å²) in [6, 6.07) is 11.6. The van der Waals surface area contributed by atoms with Gasteiger partial charge in [-0.15, -0.1) is 0 Å². The van der Waals surface area contributed by atoms with Crippen LogP contribution in [0.4, 0.5) is 0 Å². The topological polar surface area (TPSA) is 139 Å². The third-order valence-electron chi connectivity index (χ3n) is 5.86. The minimum absolute atomic E-state index is 0.0818. The van der Waals surface area contributed by atoms with Gasteiger partial charge in [0.2, 0.25) is 5.91 Å². The number of nitrogens with zero attached hydrogens (tertiary/aromatic N) is 2.